The van der Waals surface area contributed by atoms with Gasteiger partial charge in [0.25, 0.3) is 5.91 Å². The van der Waals surface area contributed by atoms with Crippen LogP contribution in [0.25, 0.3) is 17.4 Å². The van der Waals surface area contributed by atoms with Crippen molar-refractivity contribution in [3.05, 3.63) is 46.6 Å². The molecule has 0 aliphatic carbocycles. The van der Waals surface area contributed by atoms with E-state index in [1.807, 2.05) is 0 Å². The number of amides is 1. The predicted molar refractivity (Wildman–Crippen MR) is 131 cm³/mol. The van der Waals surface area contributed by atoms with Crippen molar-refractivity contribution in [2.45, 2.75) is 36.8 Å². The van der Waals surface area contributed by atoms with Gasteiger partial charge >= 0.3 is 12.1 Å². The monoisotopic (exact) mass is 562 g/mol. The molecule has 1 saturated heterocycles. The minimum absolute atomic E-state index is 0.0440. The number of aliphatic carboxylic acids is 1. The molecule has 36 heavy (non-hydrogen) atoms. The van der Waals surface area contributed by atoms with Crippen molar-refractivity contribution >= 4 is 56.3 Å². The van der Waals surface area contributed by atoms with Crippen molar-refractivity contribution in [2.24, 2.45) is 0 Å². The van der Waals surface area contributed by atoms with Gasteiger partial charge in [-0.3, -0.25) is 14.5 Å². The third-order valence-electron chi connectivity index (χ3n) is 5.18. The van der Waals surface area contributed by atoms with Gasteiger partial charge < -0.3 is 9.52 Å². The first-order valence-electron chi connectivity index (χ1n) is 10.6. The number of alkyl halides is 3. The second kappa shape index (κ2) is 11.2. The smallest absolute Gasteiger partial charge is 0.416 e. The number of unbranched alkanes of at least 4 members (excludes halogenated alkanes) is 2. The van der Waals surface area contributed by atoms with Gasteiger partial charge in [-0.15, -0.1) is 0 Å². The zero-order valence-electron chi connectivity index (χ0n) is 18.8. The number of rotatable bonds is 10. The Kier molecular flexibility index (Phi) is 8.64. The van der Waals surface area contributed by atoms with Gasteiger partial charge in [0.05, 0.1) is 15.4 Å². The Morgan fingerprint density at radius 1 is 1.22 bits per heavy atom. The molecule has 2 N–H and O–H groups in total. The van der Waals surface area contributed by atoms with Crippen LogP contribution >= 0.6 is 24.0 Å². The Morgan fingerprint density at radius 3 is 2.58 bits per heavy atom. The standard InChI is InChI=1S/C22H21F3N2O6S3/c1-26-36(31,32)18-9-6-13(22(23,24)25)11-15(18)16-8-7-14(33-16)12-17-20(30)27(21(34)35-17)10-4-2-3-5-19(28)29/h6-9,11-12,26H,2-5,10H2,1H3,(H,28,29). The van der Waals surface area contributed by atoms with E-state index in [0.717, 1.165) is 24.9 Å². The lowest BCUT2D eigenvalue weighted by Gasteiger charge is -2.13. The number of carbonyl (C=O) groups excluding carboxylic acids is 1. The number of nitrogens with zero attached hydrogens (tertiary/aromatic N) is 1. The van der Waals surface area contributed by atoms with Gasteiger partial charge in [-0.05, 0) is 50.2 Å². The Balaban J connectivity index is 1.84. The van der Waals surface area contributed by atoms with Crippen molar-refractivity contribution in [1.29, 1.82) is 0 Å². The Hall–Kier alpha value is -2.68. The van der Waals surface area contributed by atoms with E-state index in [1.165, 1.54) is 23.1 Å². The number of thiocarbonyl (C=S) groups is 1. The minimum atomic E-state index is -4.70. The van der Waals surface area contributed by atoms with Crippen LogP contribution in [0.15, 0.2) is 44.5 Å². The van der Waals surface area contributed by atoms with Gasteiger partial charge in [0.15, 0.2) is 0 Å². The number of carbonyl (C=O) groups is 2. The summed E-state index contributed by atoms with van der Waals surface area (Å²) < 4.78 is 72.6. The molecule has 1 aliphatic heterocycles. The van der Waals surface area contributed by atoms with Crippen LogP contribution in [0.5, 0.6) is 0 Å². The lowest BCUT2D eigenvalue weighted by molar-refractivity contribution is -0.138. The van der Waals surface area contributed by atoms with Crippen LogP contribution in [0.3, 0.4) is 0 Å². The molecule has 14 heteroatoms. The molecule has 1 fully saturated rings. The summed E-state index contributed by atoms with van der Waals surface area (Å²) in [5.74, 6) is -1.27. The fourth-order valence-corrected chi connectivity index (χ4v) is 5.57. The molecule has 2 aromatic rings. The average Bonchev–Trinajstić information content (AvgIpc) is 3.37. The first-order chi connectivity index (χ1) is 16.8. The lowest BCUT2D eigenvalue weighted by Crippen LogP contribution is -2.29. The van der Waals surface area contributed by atoms with Crippen molar-refractivity contribution in [1.82, 2.24) is 9.62 Å². The van der Waals surface area contributed by atoms with Crippen molar-refractivity contribution in [3.63, 3.8) is 0 Å². The fraction of sp³-hybridized carbons (Fsp3) is 0.318. The SMILES string of the molecule is CNS(=O)(=O)c1ccc(C(F)(F)F)cc1-c1ccc(C=C2SC(=S)N(CCCCCC(=O)O)C2=O)o1. The predicted octanol–water partition coefficient (Wildman–Crippen LogP) is 4.72. The Morgan fingerprint density at radius 2 is 1.94 bits per heavy atom. The molecule has 0 radical (unpaired) electrons. The molecule has 0 saturated carbocycles. The molecular formula is C22H21F3N2O6S3. The largest absolute Gasteiger partial charge is 0.481 e. The molecule has 0 atom stereocenters. The lowest BCUT2D eigenvalue weighted by atomic mass is 10.1. The number of hydrogen-bond acceptors (Lipinski definition) is 7. The zero-order chi connectivity index (χ0) is 26.7. The molecule has 2 heterocycles. The summed E-state index contributed by atoms with van der Waals surface area (Å²) in [5, 5.41) is 8.69. The number of hydrogen-bond donors (Lipinski definition) is 2. The van der Waals surface area contributed by atoms with Crippen LogP contribution in [0.4, 0.5) is 13.2 Å². The molecule has 1 amide bonds. The van der Waals surface area contributed by atoms with Gasteiger partial charge in [-0.2, -0.15) is 13.2 Å². The number of furan rings is 1. The van der Waals surface area contributed by atoms with Crippen molar-refractivity contribution < 1.29 is 40.7 Å². The number of carboxylic acid groups (broad SMARTS) is 1. The second-order valence-corrected chi connectivity index (χ2v) is 11.2. The fourth-order valence-electron chi connectivity index (χ4n) is 3.36. The summed E-state index contributed by atoms with van der Waals surface area (Å²) in [5.41, 5.74) is -1.33. The van der Waals surface area contributed by atoms with Gasteiger partial charge in [0, 0.05) is 24.6 Å². The number of carboxylic acids is 1. The second-order valence-electron chi connectivity index (χ2n) is 7.66. The van der Waals surface area contributed by atoms with E-state index in [1.54, 1.807) is 0 Å². The molecule has 1 aromatic carbocycles. The Bertz CT molecular complexity index is 1320. The molecule has 1 aromatic heterocycles. The van der Waals surface area contributed by atoms with Crippen LogP contribution in [0, 0.1) is 0 Å². The number of sulfonamides is 1. The summed E-state index contributed by atoms with van der Waals surface area (Å²) >= 11 is 6.28. The normalized spacial score (nSPS) is 15.8. The van der Waals surface area contributed by atoms with E-state index in [0.29, 0.717) is 42.3 Å². The molecular weight excluding hydrogens is 541 g/mol. The van der Waals surface area contributed by atoms with E-state index in [-0.39, 0.29) is 34.3 Å². The molecule has 0 bridgehead atoms. The van der Waals surface area contributed by atoms with Crippen LogP contribution < -0.4 is 4.72 Å². The van der Waals surface area contributed by atoms with Gasteiger partial charge in [0.1, 0.15) is 15.8 Å². The van der Waals surface area contributed by atoms with E-state index in [4.69, 9.17) is 21.7 Å². The quantitative estimate of drug-likeness (QED) is 0.243. The van der Waals surface area contributed by atoms with Crippen LogP contribution in [0.1, 0.15) is 37.0 Å². The molecule has 1 aliphatic rings. The van der Waals surface area contributed by atoms with Crippen LogP contribution in [-0.2, 0) is 25.8 Å². The van der Waals surface area contributed by atoms with Crippen molar-refractivity contribution in [3.8, 4) is 11.3 Å². The van der Waals surface area contributed by atoms with Crippen LogP contribution in [-0.4, -0.2) is 48.2 Å². The number of nitrogens with one attached hydrogen (secondary N) is 1. The first-order valence-corrected chi connectivity index (χ1v) is 13.3. The van der Waals surface area contributed by atoms with Gasteiger partial charge in [-0.1, -0.05) is 30.4 Å². The van der Waals surface area contributed by atoms with Crippen molar-refractivity contribution in [2.75, 3.05) is 13.6 Å². The van der Waals surface area contributed by atoms with E-state index in [9.17, 15) is 31.2 Å². The maximum atomic E-state index is 13.3. The third-order valence-corrected chi connectivity index (χ3v) is 8.03. The molecule has 0 spiro atoms. The number of thioether (sulfide) groups is 1. The highest BCUT2D eigenvalue weighted by molar-refractivity contribution is 8.26. The highest BCUT2D eigenvalue weighted by Crippen LogP contribution is 2.38. The first kappa shape index (κ1) is 27.9. The number of halogens is 3. The minimum Gasteiger partial charge on any atom is -0.481 e. The van der Waals surface area contributed by atoms with Crippen LogP contribution in [0.2, 0.25) is 0 Å². The molecule has 8 nitrogen and oxygen atoms in total. The highest BCUT2D eigenvalue weighted by Gasteiger charge is 2.34. The van der Waals surface area contributed by atoms with E-state index < -0.39 is 32.6 Å². The topological polar surface area (TPSA) is 117 Å². The summed E-state index contributed by atoms with van der Waals surface area (Å²) in [7, 11) is -2.96. The Labute approximate surface area is 214 Å². The summed E-state index contributed by atoms with van der Waals surface area (Å²) in [6, 6.07) is 4.94. The summed E-state index contributed by atoms with van der Waals surface area (Å²) in [6.45, 7) is 0.320. The number of benzene rings is 1. The maximum absolute atomic E-state index is 13.3. The molecule has 0 unspecified atom stereocenters. The van der Waals surface area contributed by atoms with E-state index in [2.05, 4.69) is 4.72 Å². The summed E-state index contributed by atoms with van der Waals surface area (Å²) in [6.07, 6.45) is -1.62. The van der Waals surface area contributed by atoms with Gasteiger partial charge in [-0.25, -0.2) is 13.1 Å². The third kappa shape index (κ3) is 6.55. The molecule has 194 valence electrons. The summed E-state index contributed by atoms with van der Waals surface area (Å²) in [4.78, 5) is 24.6. The van der Waals surface area contributed by atoms with Gasteiger partial charge in [0.2, 0.25) is 10.0 Å². The molecule has 3 rings (SSSR count). The highest BCUT2D eigenvalue weighted by atomic mass is 32.2. The average molecular weight is 563 g/mol. The van der Waals surface area contributed by atoms with E-state index >= 15 is 0 Å². The zero-order valence-corrected chi connectivity index (χ0v) is 21.2. The maximum Gasteiger partial charge on any atom is 0.416 e.